The van der Waals surface area contributed by atoms with Crippen molar-refractivity contribution in [2.75, 3.05) is 24.5 Å². The first-order chi connectivity index (χ1) is 10.6. The lowest BCUT2D eigenvalue weighted by molar-refractivity contribution is 0.397. The number of hydrogen-bond donors (Lipinski definition) is 2. The summed E-state index contributed by atoms with van der Waals surface area (Å²) in [5, 5.41) is 8.24. The predicted octanol–water partition coefficient (Wildman–Crippen LogP) is 0.945. The molecule has 0 amide bonds. The van der Waals surface area contributed by atoms with Crippen molar-refractivity contribution in [2.24, 2.45) is 5.92 Å². The third-order valence-corrected chi connectivity index (χ3v) is 4.48. The van der Waals surface area contributed by atoms with Crippen molar-refractivity contribution in [2.45, 2.75) is 12.8 Å². The number of hydrogen-bond acceptors (Lipinski definition) is 5. The Morgan fingerprint density at radius 2 is 1.96 bits per heavy atom. The summed E-state index contributed by atoms with van der Waals surface area (Å²) in [5.41, 5.74) is -0.184. The normalized spacial score (nSPS) is 17.0. The van der Waals surface area contributed by atoms with E-state index in [1.54, 1.807) is 6.07 Å². The molecule has 2 aromatic rings. The number of rotatable bonds is 4. The van der Waals surface area contributed by atoms with E-state index in [0.717, 1.165) is 37.1 Å². The third kappa shape index (κ3) is 4.08. The molecule has 0 spiro atoms. The molecule has 2 heterocycles. The molecule has 1 aromatic heterocycles. The fourth-order valence-corrected chi connectivity index (χ4v) is 3.25. The van der Waals surface area contributed by atoms with E-state index in [-0.39, 0.29) is 18.0 Å². The fourth-order valence-electron chi connectivity index (χ4n) is 2.88. The van der Waals surface area contributed by atoms with Crippen LogP contribution in [0.2, 0.25) is 0 Å². The summed E-state index contributed by atoms with van der Waals surface area (Å²) >= 11 is -2.20. The molecule has 1 aliphatic heterocycles. The number of aromatic amines is 1. The number of halogens is 1. The third-order valence-electron chi connectivity index (χ3n) is 4.08. The SMILES string of the molecule is Cl.O=c1[nH]nc(N2CCC(CNS(=O)[O-])CC2)c2ccccc12. The van der Waals surface area contributed by atoms with Crippen LogP contribution in [0.15, 0.2) is 29.1 Å². The van der Waals surface area contributed by atoms with Crippen LogP contribution in [0.3, 0.4) is 0 Å². The smallest absolute Gasteiger partial charge is 0.272 e. The number of nitrogens with one attached hydrogen (secondary N) is 2. The van der Waals surface area contributed by atoms with Crippen LogP contribution in [-0.2, 0) is 11.3 Å². The molecule has 1 fully saturated rings. The first-order valence-corrected chi connectivity index (χ1v) is 8.28. The summed E-state index contributed by atoms with van der Waals surface area (Å²) in [6.07, 6.45) is 1.78. The van der Waals surface area contributed by atoms with Crippen molar-refractivity contribution in [1.82, 2.24) is 14.9 Å². The van der Waals surface area contributed by atoms with Gasteiger partial charge in [0.1, 0.15) is 0 Å². The second kappa shape index (κ2) is 7.87. The van der Waals surface area contributed by atoms with Gasteiger partial charge in [0.05, 0.1) is 5.39 Å². The average molecular weight is 358 g/mol. The maximum absolute atomic E-state index is 11.8. The summed E-state index contributed by atoms with van der Waals surface area (Å²) in [6.45, 7) is 2.06. The van der Waals surface area contributed by atoms with Gasteiger partial charge < -0.3 is 9.45 Å². The average Bonchev–Trinajstić information content (AvgIpc) is 2.54. The van der Waals surface area contributed by atoms with Crippen LogP contribution < -0.4 is 15.2 Å². The maximum atomic E-state index is 11.8. The number of aromatic nitrogens is 2. The van der Waals surface area contributed by atoms with Crippen molar-refractivity contribution in [3.8, 4) is 0 Å². The van der Waals surface area contributed by atoms with E-state index >= 15 is 0 Å². The van der Waals surface area contributed by atoms with Crippen LogP contribution in [0, 0.1) is 5.92 Å². The summed E-state index contributed by atoms with van der Waals surface area (Å²) in [4.78, 5) is 14.0. The van der Waals surface area contributed by atoms with E-state index in [4.69, 9.17) is 0 Å². The monoisotopic (exact) mass is 357 g/mol. The standard InChI is InChI=1S/C14H18N4O3S.ClH/c19-14-12-4-2-1-3-11(12)13(16-17-14)18-7-5-10(6-8-18)9-15-22(20)21;/h1-4,10,15H,5-9H2,(H,17,19)(H,20,21);1H/p-1. The molecule has 0 aliphatic carbocycles. The zero-order valence-electron chi connectivity index (χ0n) is 12.4. The van der Waals surface area contributed by atoms with E-state index in [0.29, 0.717) is 17.8 Å². The quantitative estimate of drug-likeness (QED) is 0.793. The van der Waals surface area contributed by atoms with Gasteiger partial charge in [-0.1, -0.05) is 18.2 Å². The van der Waals surface area contributed by atoms with Crippen LogP contribution in [0.1, 0.15) is 12.8 Å². The van der Waals surface area contributed by atoms with Gasteiger partial charge in [-0.3, -0.25) is 9.00 Å². The zero-order chi connectivity index (χ0) is 15.5. The summed E-state index contributed by atoms with van der Waals surface area (Å²) in [5.74, 6) is 1.12. The van der Waals surface area contributed by atoms with Crippen LogP contribution in [0.4, 0.5) is 5.82 Å². The summed E-state index contributed by atoms with van der Waals surface area (Å²) in [7, 11) is 0. The molecule has 3 rings (SSSR count). The van der Waals surface area contributed by atoms with Gasteiger partial charge in [-0.15, -0.1) is 12.4 Å². The molecule has 1 atom stereocenters. The molecule has 2 N–H and O–H groups in total. The Balaban J connectivity index is 0.00000192. The van der Waals surface area contributed by atoms with Crippen LogP contribution in [-0.4, -0.2) is 38.6 Å². The van der Waals surface area contributed by atoms with Crippen LogP contribution in [0.5, 0.6) is 0 Å². The van der Waals surface area contributed by atoms with Gasteiger partial charge in [0.25, 0.3) is 5.56 Å². The molecule has 1 saturated heterocycles. The maximum Gasteiger partial charge on any atom is 0.272 e. The molecular weight excluding hydrogens is 340 g/mol. The molecule has 7 nitrogen and oxygen atoms in total. The highest BCUT2D eigenvalue weighted by molar-refractivity contribution is 7.77. The van der Waals surface area contributed by atoms with Gasteiger partial charge >= 0.3 is 0 Å². The first kappa shape index (κ1) is 17.9. The largest absolute Gasteiger partial charge is 0.760 e. The number of benzene rings is 1. The van der Waals surface area contributed by atoms with E-state index in [1.165, 1.54) is 0 Å². The molecule has 0 radical (unpaired) electrons. The van der Waals surface area contributed by atoms with Gasteiger partial charge in [-0.2, -0.15) is 5.10 Å². The summed E-state index contributed by atoms with van der Waals surface area (Å²) in [6, 6.07) is 7.43. The molecule has 0 bridgehead atoms. The fraction of sp³-hybridized carbons (Fsp3) is 0.429. The lowest BCUT2D eigenvalue weighted by atomic mass is 9.97. The number of nitrogens with zero attached hydrogens (tertiary/aromatic N) is 2. The Morgan fingerprint density at radius 3 is 2.61 bits per heavy atom. The highest BCUT2D eigenvalue weighted by Gasteiger charge is 2.21. The van der Waals surface area contributed by atoms with E-state index in [9.17, 15) is 13.6 Å². The molecule has 126 valence electrons. The van der Waals surface area contributed by atoms with E-state index < -0.39 is 11.3 Å². The number of anilines is 1. The lowest BCUT2D eigenvalue weighted by Gasteiger charge is -2.33. The van der Waals surface area contributed by atoms with Crippen molar-refractivity contribution in [3.63, 3.8) is 0 Å². The molecular formula is C14H18ClN4O3S-. The van der Waals surface area contributed by atoms with E-state index in [2.05, 4.69) is 19.8 Å². The molecule has 9 heteroatoms. The van der Waals surface area contributed by atoms with Crippen molar-refractivity contribution >= 4 is 40.3 Å². The predicted molar refractivity (Wildman–Crippen MR) is 91.5 cm³/mol. The Kier molecular flexibility index (Phi) is 6.11. The Hall–Kier alpha value is -1.48. The zero-order valence-corrected chi connectivity index (χ0v) is 14.0. The molecule has 1 aromatic carbocycles. The van der Waals surface area contributed by atoms with Crippen molar-refractivity contribution in [3.05, 3.63) is 34.6 Å². The number of fused-ring (bicyclic) bond motifs is 1. The van der Waals surface area contributed by atoms with Crippen molar-refractivity contribution < 1.29 is 8.76 Å². The van der Waals surface area contributed by atoms with Crippen molar-refractivity contribution in [1.29, 1.82) is 0 Å². The van der Waals surface area contributed by atoms with Gasteiger partial charge in [-0.05, 0) is 24.8 Å². The van der Waals surface area contributed by atoms with Gasteiger partial charge in [0.2, 0.25) is 0 Å². The van der Waals surface area contributed by atoms with Crippen LogP contribution in [0.25, 0.3) is 10.8 Å². The minimum Gasteiger partial charge on any atom is -0.760 e. The minimum atomic E-state index is -2.20. The second-order valence-corrected chi connectivity index (χ2v) is 6.19. The second-order valence-electron chi connectivity index (χ2n) is 5.44. The van der Waals surface area contributed by atoms with E-state index in [1.807, 2.05) is 18.2 Å². The van der Waals surface area contributed by atoms with Crippen LogP contribution >= 0.6 is 12.4 Å². The molecule has 1 unspecified atom stereocenters. The minimum absolute atomic E-state index is 0. The lowest BCUT2D eigenvalue weighted by Crippen LogP contribution is -2.38. The Morgan fingerprint density at radius 1 is 1.30 bits per heavy atom. The van der Waals surface area contributed by atoms with Gasteiger partial charge in [0, 0.05) is 36.3 Å². The first-order valence-electron chi connectivity index (χ1n) is 7.20. The topological polar surface area (TPSA) is 101 Å². The molecule has 0 saturated carbocycles. The highest BCUT2D eigenvalue weighted by Crippen LogP contribution is 2.26. The van der Waals surface area contributed by atoms with Gasteiger partial charge in [-0.25, -0.2) is 9.82 Å². The molecule has 23 heavy (non-hydrogen) atoms. The number of H-pyrrole nitrogens is 1. The Bertz CT molecular complexity index is 746. The number of piperidine rings is 1. The molecule has 1 aliphatic rings. The highest BCUT2D eigenvalue weighted by atomic mass is 35.5. The summed E-state index contributed by atoms with van der Waals surface area (Å²) < 4.78 is 23.5. The Labute approximate surface area is 142 Å². The van der Waals surface area contributed by atoms with Gasteiger partial charge in [0.15, 0.2) is 5.82 Å².